The van der Waals surface area contributed by atoms with Crippen molar-refractivity contribution in [2.45, 2.75) is 84.7 Å². The van der Waals surface area contributed by atoms with Gasteiger partial charge in [-0.25, -0.2) is 18.4 Å². The SMILES string of the molecule is CCC(=O)OCc1ccc(NC(=O)[C@H](CCCNC(N)=O)NC(=O)[C@@H](NC(=O)[C@H](CS(N)(=O)=O)NC(C)C)C(C)C)cc1C(=O)NCCN. The van der Waals surface area contributed by atoms with Crippen LogP contribution in [0.3, 0.4) is 0 Å². The first-order valence-electron chi connectivity index (χ1n) is 15.9. The highest BCUT2D eigenvalue weighted by atomic mass is 32.2. The molecule has 0 heterocycles. The van der Waals surface area contributed by atoms with Crippen LogP contribution in [0.5, 0.6) is 0 Å². The molecule has 1 aromatic rings. The highest BCUT2D eigenvalue weighted by molar-refractivity contribution is 7.89. The van der Waals surface area contributed by atoms with Gasteiger partial charge in [-0.2, -0.15) is 0 Å². The molecule has 18 nitrogen and oxygen atoms in total. The second-order valence-electron chi connectivity index (χ2n) is 11.8. The number of esters is 1. The number of hydrogen-bond acceptors (Lipinski definition) is 11. The molecule has 0 fully saturated rings. The molecule has 19 heteroatoms. The maximum atomic E-state index is 13.6. The number of amides is 6. The molecule has 0 spiro atoms. The van der Waals surface area contributed by atoms with Crippen LogP contribution in [0.2, 0.25) is 0 Å². The van der Waals surface area contributed by atoms with E-state index in [1.54, 1.807) is 34.6 Å². The lowest BCUT2D eigenvalue weighted by molar-refractivity contribution is -0.144. The molecule has 6 amide bonds. The number of benzene rings is 1. The third kappa shape index (κ3) is 16.6. The minimum Gasteiger partial charge on any atom is -0.461 e. The van der Waals surface area contributed by atoms with E-state index in [4.69, 9.17) is 21.3 Å². The Bertz CT molecular complexity index is 1420. The van der Waals surface area contributed by atoms with Gasteiger partial charge in [-0.15, -0.1) is 0 Å². The highest BCUT2D eigenvalue weighted by Crippen LogP contribution is 2.19. The van der Waals surface area contributed by atoms with Crippen LogP contribution in [-0.4, -0.2) is 93.6 Å². The third-order valence-corrected chi connectivity index (χ3v) is 7.63. The summed E-state index contributed by atoms with van der Waals surface area (Å²) in [6.07, 6.45) is 0.370. The molecule has 0 aliphatic rings. The highest BCUT2D eigenvalue weighted by Gasteiger charge is 2.32. The van der Waals surface area contributed by atoms with E-state index < -0.39 is 75.4 Å². The molecule has 1 rings (SSSR count). The van der Waals surface area contributed by atoms with Gasteiger partial charge in [-0.1, -0.05) is 40.7 Å². The average molecular weight is 714 g/mol. The Kier molecular flexibility index (Phi) is 18.2. The van der Waals surface area contributed by atoms with Gasteiger partial charge < -0.3 is 48.1 Å². The molecule has 0 aromatic heterocycles. The number of primary amides is 1. The van der Waals surface area contributed by atoms with Gasteiger partial charge in [0.25, 0.3) is 5.91 Å². The van der Waals surface area contributed by atoms with Crippen LogP contribution in [-0.2, 0) is 40.5 Å². The van der Waals surface area contributed by atoms with Crippen LogP contribution >= 0.6 is 0 Å². The molecule has 0 saturated carbocycles. The zero-order valence-corrected chi connectivity index (χ0v) is 29.4. The Morgan fingerprint density at radius 1 is 0.898 bits per heavy atom. The summed E-state index contributed by atoms with van der Waals surface area (Å²) in [5.74, 6) is -4.41. The van der Waals surface area contributed by atoms with E-state index in [1.807, 2.05) is 0 Å². The Balaban J connectivity index is 3.32. The zero-order valence-electron chi connectivity index (χ0n) is 28.6. The van der Waals surface area contributed by atoms with Gasteiger partial charge in [0.1, 0.15) is 24.7 Å². The number of nitrogens with one attached hydrogen (secondary N) is 6. The van der Waals surface area contributed by atoms with Crippen molar-refractivity contribution in [1.29, 1.82) is 0 Å². The number of nitrogens with two attached hydrogens (primary N) is 3. The lowest BCUT2D eigenvalue weighted by Gasteiger charge is -2.28. The number of sulfonamides is 1. The quantitative estimate of drug-likeness (QED) is 0.0521. The minimum absolute atomic E-state index is 0.0223. The van der Waals surface area contributed by atoms with Crippen molar-refractivity contribution in [2.75, 3.05) is 30.7 Å². The fourth-order valence-electron chi connectivity index (χ4n) is 4.43. The maximum Gasteiger partial charge on any atom is 0.312 e. The first-order chi connectivity index (χ1) is 22.9. The van der Waals surface area contributed by atoms with Gasteiger partial charge in [0.15, 0.2) is 0 Å². The minimum atomic E-state index is -4.06. The van der Waals surface area contributed by atoms with Gasteiger partial charge in [-0.05, 0) is 30.9 Å². The number of carbonyl (C=O) groups excluding carboxylic acids is 6. The van der Waals surface area contributed by atoms with Crippen LogP contribution in [0.1, 0.15) is 69.8 Å². The summed E-state index contributed by atoms with van der Waals surface area (Å²) >= 11 is 0. The summed E-state index contributed by atoms with van der Waals surface area (Å²) < 4.78 is 28.7. The molecular weight excluding hydrogens is 662 g/mol. The summed E-state index contributed by atoms with van der Waals surface area (Å²) in [6.45, 7) is 8.58. The molecular formula is C30H51N9O9S. The number of carbonyl (C=O) groups is 6. The van der Waals surface area contributed by atoms with Crippen molar-refractivity contribution in [3.8, 4) is 0 Å². The number of urea groups is 1. The van der Waals surface area contributed by atoms with Gasteiger partial charge >= 0.3 is 12.0 Å². The molecule has 3 atom stereocenters. The average Bonchev–Trinajstić information content (AvgIpc) is 3.01. The van der Waals surface area contributed by atoms with E-state index in [9.17, 15) is 37.2 Å². The van der Waals surface area contributed by atoms with Gasteiger partial charge in [-0.3, -0.25) is 24.0 Å². The largest absolute Gasteiger partial charge is 0.461 e. The fourth-order valence-corrected chi connectivity index (χ4v) is 5.15. The predicted molar refractivity (Wildman–Crippen MR) is 182 cm³/mol. The van der Waals surface area contributed by atoms with Crippen molar-refractivity contribution in [3.05, 3.63) is 29.3 Å². The summed E-state index contributed by atoms with van der Waals surface area (Å²) in [4.78, 5) is 76.0. The predicted octanol–water partition coefficient (Wildman–Crippen LogP) is -1.50. The Morgan fingerprint density at radius 3 is 2.12 bits per heavy atom. The molecule has 276 valence electrons. The van der Waals surface area contributed by atoms with E-state index in [0.29, 0.717) is 5.56 Å². The summed E-state index contributed by atoms with van der Waals surface area (Å²) in [6, 6.07) is -0.330. The van der Waals surface area contributed by atoms with Crippen LogP contribution in [0, 0.1) is 5.92 Å². The topological polar surface area (TPSA) is 296 Å². The monoisotopic (exact) mass is 713 g/mol. The molecule has 0 bridgehead atoms. The number of rotatable bonds is 21. The molecule has 0 unspecified atom stereocenters. The van der Waals surface area contributed by atoms with Crippen molar-refractivity contribution < 1.29 is 41.9 Å². The van der Waals surface area contributed by atoms with Gasteiger partial charge in [0, 0.05) is 48.9 Å². The van der Waals surface area contributed by atoms with E-state index in [0.717, 1.165) is 0 Å². The van der Waals surface area contributed by atoms with Crippen LogP contribution in [0.4, 0.5) is 10.5 Å². The number of anilines is 1. The first kappa shape index (κ1) is 42.7. The second-order valence-corrected chi connectivity index (χ2v) is 13.5. The second kappa shape index (κ2) is 20.9. The first-order valence-corrected chi connectivity index (χ1v) is 17.6. The molecule has 49 heavy (non-hydrogen) atoms. The number of primary sulfonamides is 1. The molecule has 0 saturated heterocycles. The summed E-state index contributed by atoms with van der Waals surface area (Å²) in [7, 11) is -4.06. The van der Waals surface area contributed by atoms with Crippen molar-refractivity contribution in [3.63, 3.8) is 0 Å². The molecule has 0 aliphatic carbocycles. The molecule has 12 N–H and O–H groups in total. The van der Waals surface area contributed by atoms with E-state index in [1.165, 1.54) is 18.2 Å². The Morgan fingerprint density at radius 2 is 1.57 bits per heavy atom. The van der Waals surface area contributed by atoms with E-state index in [-0.39, 0.29) is 62.8 Å². The lowest BCUT2D eigenvalue weighted by Crippen LogP contribution is -2.59. The molecule has 1 aromatic carbocycles. The van der Waals surface area contributed by atoms with Crippen molar-refractivity contribution in [1.82, 2.24) is 26.6 Å². The van der Waals surface area contributed by atoms with Gasteiger partial charge in [0.05, 0.1) is 5.75 Å². The van der Waals surface area contributed by atoms with Crippen molar-refractivity contribution in [2.24, 2.45) is 22.5 Å². The summed E-state index contributed by atoms with van der Waals surface area (Å²) in [5, 5.41) is 20.9. The molecule has 0 radical (unpaired) electrons. The Hall–Kier alpha value is -4.33. The molecule has 0 aliphatic heterocycles. The van der Waals surface area contributed by atoms with Crippen LogP contribution in [0.15, 0.2) is 18.2 Å². The summed E-state index contributed by atoms with van der Waals surface area (Å²) in [5.41, 5.74) is 11.3. The van der Waals surface area contributed by atoms with E-state index >= 15 is 0 Å². The van der Waals surface area contributed by atoms with Crippen molar-refractivity contribution >= 4 is 51.3 Å². The standard InChI is InChI=1S/C30H51N9O9S/c1-6-24(40)48-15-19-9-10-20(14-21(19)26(41)34-13-11-31)37-27(42)22(8-7-12-35-30(32)45)38-29(44)25(17(2)3)39-28(43)23(36-18(4)5)16-49(33,46)47/h9-10,14,17-18,22-23,25,36H,6-8,11-13,15-16,31H2,1-5H3,(H,34,41)(H,37,42)(H,38,44)(H,39,43)(H3,32,35,45)(H2,33,46,47)/t22-,23-,25-/m0/s1. The fraction of sp³-hybridized carbons (Fsp3) is 0.600. The third-order valence-electron chi connectivity index (χ3n) is 6.83. The smallest absolute Gasteiger partial charge is 0.312 e. The lowest BCUT2D eigenvalue weighted by atomic mass is 10.0. The maximum absolute atomic E-state index is 13.6. The normalized spacial score (nSPS) is 13.2. The van der Waals surface area contributed by atoms with E-state index in [2.05, 4.69) is 31.9 Å². The zero-order chi connectivity index (χ0) is 37.3. The van der Waals surface area contributed by atoms with Gasteiger partial charge in [0.2, 0.25) is 27.7 Å². The number of ether oxygens (including phenoxy) is 1. The Labute approximate surface area is 286 Å². The van der Waals surface area contributed by atoms with Crippen LogP contribution in [0.25, 0.3) is 0 Å². The van der Waals surface area contributed by atoms with Crippen LogP contribution < -0.4 is 48.5 Å². The number of hydrogen-bond donors (Lipinski definition) is 9.